The number of benzene rings is 2. The van der Waals surface area contributed by atoms with E-state index in [0.29, 0.717) is 18.1 Å². The minimum Gasteiger partial charge on any atom is -0.493 e. The second-order valence-electron chi connectivity index (χ2n) is 6.07. The van der Waals surface area contributed by atoms with Gasteiger partial charge in [-0.05, 0) is 37.4 Å². The van der Waals surface area contributed by atoms with E-state index >= 15 is 0 Å². The quantitative estimate of drug-likeness (QED) is 0.857. The second kappa shape index (κ2) is 9.60. The van der Waals surface area contributed by atoms with Crippen LogP contribution >= 0.6 is 12.4 Å². The van der Waals surface area contributed by atoms with Gasteiger partial charge in [-0.25, -0.2) is 0 Å². The van der Waals surface area contributed by atoms with Gasteiger partial charge in [0.2, 0.25) is 0 Å². The number of methoxy groups -OCH3 is 1. The van der Waals surface area contributed by atoms with Crippen LogP contribution in [0.5, 0.6) is 17.2 Å². The van der Waals surface area contributed by atoms with Gasteiger partial charge in [0.05, 0.1) is 26.0 Å². The van der Waals surface area contributed by atoms with Gasteiger partial charge in [0.15, 0.2) is 17.1 Å². The predicted octanol–water partition coefficient (Wildman–Crippen LogP) is 3.77. The Kier molecular flexibility index (Phi) is 7.47. The lowest BCUT2D eigenvalue weighted by Gasteiger charge is -2.17. The zero-order chi connectivity index (χ0) is 18.4. The summed E-state index contributed by atoms with van der Waals surface area (Å²) < 4.78 is 16.8. The van der Waals surface area contributed by atoms with Crippen LogP contribution in [0, 0.1) is 0 Å². The van der Waals surface area contributed by atoms with Gasteiger partial charge >= 0.3 is 0 Å². The molecule has 4 rings (SSSR count). The molecule has 2 aliphatic heterocycles. The minimum atomic E-state index is -0.282. The van der Waals surface area contributed by atoms with Gasteiger partial charge in [-0.3, -0.25) is 0 Å². The smallest absolute Gasteiger partial charge is 0.169 e. The van der Waals surface area contributed by atoms with Crippen LogP contribution in [0.25, 0.3) is 0 Å². The molecule has 2 aromatic rings. The Morgan fingerprint density at radius 1 is 1.07 bits per heavy atom. The number of para-hydroxylation sites is 1. The first-order valence-corrected chi connectivity index (χ1v) is 8.60. The SMILES string of the molecule is CN.COc1ccc(C2=NOC3(CCOC3)C2)cc1Oc1ccccc1.Cl. The third-order valence-electron chi connectivity index (χ3n) is 4.37. The molecule has 2 heterocycles. The van der Waals surface area contributed by atoms with Crippen molar-refractivity contribution in [3.63, 3.8) is 0 Å². The molecule has 2 aromatic carbocycles. The van der Waals surface area contributed by atoms with Crippen molar-refractivity contribution in [2.45, 2.75) is 18.4 Å². The van der Waals surface area contributed by atoms with E-state index in [1.807, 2.05) is 48.5 Å². The molecule has 1 saturated heterocycles. The number of nitrogens with zero attached hydrogens (tertiary/aromatic N) is 1. The minimum absolute atomic E-state index is 0. The topological polar surface area (TPSA) is 75.3 Å². The molecule has 2 aliphatic rings. The van der Waals surface area contributed by atoms with E-state index in [9.17, 15) is 0 Å². The van der Waals surface area contributed by atoms with Crippen LogP contribution in [0.1, 0.15) is 18.4 Å². The van der Waals surface area contributed by atoms with Crippen LogP contribution < -0.4 is 15.2 Å². The first-order valence-electron chi connectivity index (χ1n) is 8.60. The van der Waals surface area contributed by atoms with Gasteiger partial charge in [-0.2, -0.15) is 0 Å². The van der Waals surface area contributed by atoms with Gasteiger partial charge in [-0.1, -0.05) is 23.4 Å². The third kappa shape index (κ3) is 4.71. The Labute approximate surface area is 165 Å². The third-order valence-corrected chi connectivity index (χ3v) is 4.37. The molecule has 0 bridgehead atoms. The number of hydrogen-bond donors (Lipinski definition) is 1. The highest BCUT2D eigenvalue weighted by Crippen LogP contribution is 2.37. The van der Waals surface area contributed by atoms with E-state index in [0.717, 1.165) is 36.5 Å². The molecule has 7 heteroatoms. The zero-order valence-electron chi connectivity index (χ0n) is 15.5. The van der Waals surface area contributed by atoms with Crippen molar-refractivity contribution in [3.05, 3.63) is 54.1 Å². The average molecular weight is 393 g/mol. The number of ether oxygens (including phenoxy) is 3. The molecule has 0 aromatic heterocycles. The van der Waals surface area contributed by atoms with E-state index in [1.54, 1.807) is 7.11 Å². The highest BCUT2D eigenvalue weighted by atomic mass is 35.5. The molecular formula is C20H25ClN2O4. The molecule has 0 aliphatic carbocycles. The summed E-state index contributed by atoms with van der Waals surface area (Å²) in [7, 11) is 3.13. The van der Waals surface area contributed by atoms with Crippen molar-refractivity contribution in [2.75, 3.05) is 27.4 Å². The Morgan fingerprint density at radius 2 is 1.85 bits per heavy atom. The molecule has 146 valence electrons. The normalized spacial score (nSPS) is 20.0. The summed E-state index contributed by atoms with van der Waals surface area (Å²) >= 11 is 0. The largest absolute Gasteiger partial charge is 0.493 e. The maximum Gasteiger partial charge on any atom is 0.169 e. The molecular weight excluding hydrogens is 368 g/mol. The van der Waals surface area contributed by atoms with E-state index in [2.05, 4.69) is 10.9 Å². The van der Waals surface area contributed by atoms with Crippen LogP contribution in [-0.2, 0) is 9.57 Å². The van der Waals surface area contributed by atoms with Gasteiger partial charge in [-0.15, -0.1) is 12.4 Å². The number of halogens is 1. The summed E-state index contributed by atoms with van der Waals surface area (Å²) in [6.45, 7) is 1.33. The average Bonchev–Trinajstić information content (AvgIpc) is 3.34. The van der Waals surface area contributed by atoms with Crippen LogP contribution in [0.3, 0.4) is 0 Å². The van der Waals surface area contributed by atoms with E-state index in [1.165, 1.54) is 7.05 Å². The van der Waals surface area contributed by atoms with Gasteiger partial charge < -0.3 is 24.8 Å². The molecule has 0 saturated carbocycles. The fourth-order valence-corrected chi connectivity index (χ4v) is 3.03. The molecule has 0 radical (unpaired) electrons. The van der Waals surface area contributed by atoms with Crippen molar-refractivity contribution in [1.82, 2.24) is 0 Å². The zero-order valence-corrected chi connectivity index (χ0v) is 16.3. The molecule has 27 heavy (non-hydrogen) atoms. The fourth-order valence-electron chi connectivity index (χ4n) is 3.03. The number of rotatable bonds is 4. The molecule has 2 N–H and O–H groups in total. The maximum absolute atomic E-state index is 5.97. The highest BCUT2D eigenvalue weighted by molar-refractivity contribution is 6.02. The summed E-state index contributed by atoms with van der Waals surface area (Å²) in [5.41, 5.74) is 6.11. The van der Waals surface area contributed by atoms with Gasteiger partial charge in [0.25, 0.3) is 0 Å². The molecule has 0 amide bonds. The Morgan fingerprint density at radius 3 is 2.52 bits per heavy atom. The first kappa shape index (κ1) is 21.0. The molecule has 6 nitrogen and oxygen atoms in total. The predicted molar refractivity (Wildman–Crippen MR) is 107 cm³/mol. The number of oxime groups is 1. The monoisotopic (exact) mass is 392 g/mol. The Balaban J connectivity index is 0.000000844. The Bertz CT molecular complexity index is 762. The Hall–Kier alpha value is -2.28. The first-order chi connectivity index (χ1) is 12.8. The van der Waals surface area contributed by atoms with Crippen molar-refractivity contribution in [2.24, 2.45) is 10.9 Å². The standard InChI is InChI=1S/C19H19NO4.CH5N.ClH/c1-21-17-8-7-14(11-18(17)23-15-5-3-2-4-6-15)16-12-19(24-20-16)9-10-22-13-19;1-2;/h2-8,11H,9-10,12-13H2,1H3;2H2,1H3;1H. The van der Waals surface area contributed by atoms with E-state index in [-0.39, 0.29) is 18.0 Å². The van der Waals surface area contributed by atoms with Crippen molar-refractivity contribution in [1.29, 1.82) is 0 Å². The molecule has 1 unspecified atom stereocenters. The lowest BCUT2D eigenvalue weighted by molar-refractivity contribution is -0.0237. The summed E-state index contributed by atoms with van der Waals surface area (Å²) in [6.07, 6.45) is 1.63. The summed E-state index contributed by atoms with van der Waals surface area (Å²) in [5.74, 6) is 2.10. The van der Waals surface area contributed by atoms with Crippen molar-refractivity contribution < 1.29 is 19.0 Å². The second-order valence-corrected chi connectivity index (χ2v) is 6.07. The van der Waals surface area contributed by atoms with Crippen LogP contribution in [0.4, 0.5) is 0 Å². The summed E-state index contributed by atoms with van der Waals surface area (Å²) in [6, 6.07) is 15.5. The van der Waals surface area contributed by atoms with Crippen LogP contribution in [-0.4, -0.2) is 38.7 Å². The summed E-state index contributed by atoms with van der Waals surface area (Å²) in [5, 5.41) is 4.29. The summed E-state index contributed by atoms with van der Waals surface area (Å²) in [4.78, 5) is 5.67. The van der Waals surface area contributed by atoms with E-state index in [4.69, 9.17) is 19.0 Å². The van der Waals surface area contributed by atoms with E-state index < -0.39 is 0 Å². The molecule has 1 spiro atoms. The lowest BCUT2D eigenvalue weighted by Crippen LogP contribution is -2.29. The van der Waals surface area contributed by atoms with Gasteiger partial charge in [0.1, 0.15) is 5.75 Å². The maximum atomic E-state index is 5.97. The number of hydrogen-bond acceptors (Lipinski definition) is 6. The van der Waals surface area contributed by atoms with Crippen molar-refractivity contribution in [3.8, 4) is 17.2 Å². The lowest BCUT2D eigenvalue weighted by atomic mass is 9.93. The van der Waals surface area contributed by atoms with Crippen molar-refractivity contribution >= 4 is 18.1 Å². The molecule has 1 atom stereocenters. The molecule has 1 fully saturated rings. The fraction of sp³-hybridized carbons (Fsp3) is 0.350. The van der Waals surface area contributed by atoms with Gasteiger partial charge in [0, 0.05) is 18.4 Å². The van der Waals surface area contributed by atoms with Crippen LogP contribution in [0.2, 0.25) is 0 Å². The van der Waals surface area contributed by atoms with Crippen LogP contribution in [0.15, 0.2) is 53.7 Å². The highest BCUT2D eigenvalue weighted by Gasteiger charge is 2.43. The number of nitrogens with two attached hydrogens (primary N) is 1.